The Balaban J connectivity index is 2.05. The van der Waals surface area contributed by atoms with Gasteiger partial charge in [-0.25, -0.2) is 14.6 Å². The van der Waals surface area contributed by atoms with Gasteiger partial charge in [0.2, 0.25) is 0 Å². The second-order valence-corrected chi connectivity index (χ2v) is 6.63. The Morgan fingerprint density at radius 2 is 1.65 bits per heavy atom. The second-order valence-electron chi connectivity index (χ2n) is 6.24. The zero-order valence-electron chi connectivity index (χ0n) is 15.2. The number of aliphatic hydroxyl groups is 1. The molecule has 13 heteroatoms. The van der Waals surface area contributed by atoms with Crippen molar-refractivity contribution in [3.63, 3.8) is 0 Å². The van der Waals surface area contributed by atoms with E-state index in [4.69, 9.17) is 17.3 Å². The Bertz CT molecular complexity index is 1070. The van der Waals surface area contributed by atoms with Gasteiger partial charge < -0.3 is 10.8 Å². The summed E-state index contributed by atoms with van der Waals surface area (Å²) in [5.41, 5.74) is 2.51. The number of aliphatic hydroxyl groups excluding tert-OH is 1. The third-order valence-electron chi connectivity index (χ3n) is 4.01. The van der Waals surface area contributed by atoms with Crippen LogP contribution < -0.4 is 5.73 Å². The van der Waals surface area contributed by atoms with Crippen LogP contribution in [0.25, 0.3) is 23.2 Å². The normalized spacial score (nSPS) is 14.0. The number of alkyl halides is 6. The quantitative estimate of drug-likeness (QED) is 0.342. The maximum atomic E-state index is 13.1. The van der Waals surface area contributed by atoms with Gasteiger partial charge >= 0.3 is 12.4 Å². The zero-order valence-corrected chi connectivity index (χ0v) is 15.9. The fourth-order valence-electron chi connectivity index (χ4n) is 2.56. The fourth-order valence-corrected chi connectivity index (χ4v) is 2.68. The van der Waals surface area contributed by atoms with Crippen LogP contribution in [-0.2, 0) is 12.4 Å². The molecule has 2 heterocycles. The van der Waals surface area contributed by atoms with E-state index in [1.165, 1.54) is 24.5 Å². The van der Waals surface area contributed by atoms with E-state index >= 15 is 0 Å². The molecule has 1 unspecified atom stereocenters. The van der Waals surface area contributed by atoms with Crippen LogP contribution in [0.3, 0.4) is 0 Å². The fraction of sp³-hybridized carbons (Fsp3) is 0.167. The summed E-state index contributed by atoms with van der Waals surface area (Å²) in [6.07, 6.45) is -7.96. The van der Waals surface area contributed by atoms with E-state index in [0.717, 1.165) is 11.0 Å². The Morgan fingerprint density at radius 3 is 2.13 bits per heavy atom. The van der Waals surface area contributed by atoms with Crippen molar-refractivity contribution in [2.75, 3.05) is 0 Å². The molecule has 3 aromatic rings. The monoisotopic (exact) mass is 463 g/mol. The van der Waals surface area contributed by atoms with Gasteiger partial charge in [-0.05, 0) is 30.3 Å². The third-order valence-corrected chi connectivity index (χ3v) is 4.23. The molecular weight excluding hydrogens is 452 g/mol. The lowest BCUT2D eigenvalue weighted by Gasteiger charge is -2.13. The average molecular weight is 464 g/mol. The van der Waals surface area contributed by atoms with E-state index in [-0.39, 0.29) is 16.8 Å². The van der Waals surface area contributed by atoms with E-state index in [0.29, 0.717) is 17.7 Å². The largest absolute Gasteiger partial charge is 0.416 e. The average Bonchev–Trinajstić information content (AvgIpc) is 3.14. The van der Waals surface area contributed by atoms with Gasteiger partial charge in [-0.15, -0.1) is 5.10 Å². The van der Waals surface area contributed by atoms with Crippen LogP contribution in [0.15, 0.2) is 42.9 Å². The first-order valence-electron chi connectivity index (χ1n) is 8.33. The molecule has 164 valence electrons. The molecule has 3 N–H and O–H groups in total. The Kier molecular flexibility index (Phi) is 6.07. The number of halogens is 7. The van der Waals surface area contributed by atoms with E-state index < -0.39 is 41.1 Å². The second kappa shape index (κ2) is 8.29. The van der Waals surface area contributed by atoms with Crippen molar-refractivity contribution < 1.29 is 31.4 Å². The number of hydrogen-bond acceptors (Lipinski definition) is 5. The van der Waals surface area contributed by atoms with E-state index in [9.17, 15) is 31.4 Å². The number of rotatable bonds is 4. The minimum atomic E-state index is -5.00. The van der Waals surface area contributed by atoms with E-state index in [1.807, 2.05) is 0 Å². The first kappa shape index (κ1) is 22.7. The smallest absolute Gasteiger partial charge is 0.374 e. The van der Waals surface area contributed by atoms with Crippen LogP contribution in [0.5, 0.6) is 0 Å². The first-order chi connectivity index (χ1) is 14.3. The zero-order chi connectivity index (χ0) is 23.0. The molecule has 0 saturated carbocycles. The predicted molar refractivity (Wildman–Crippen MR) is 99.1 cm³/mol. The minimum Gasteiger partial charge on any atom is -0.374 e. The molecule has 31 heavy (non-hydrogen) atoms. The molecule has 1 atom stereocenters. The SMILES string of the molecule is NC(O)/C(=C\n1cnc(-c2cc(C(F)(F)F)cc(C(F)(F)F)c2)n1)c1ccc(Cl)nc1. The highest BCUT2D eigenvalue weighted by Crippen LogP contribution is 2.38. The molecule has 0 fully saturated rings. The lowest BCUT2D eigenvalue weighted by molar-refractivity contribution is -0.143. The molecule has 0 bridgehead atoms. The van der Waals surface area contributed by atoms with Gasteiger partial charge in [0.05, 0.1) is 11.1 Å². The highest BCUT2D eigenvalue weighted by Gasteiger charge is 2.37. The van der Waals surface area contributed by atoms with Crippen LogP contribution in [0, 0.1) is 0 Å². The number of hydrogen-bond donors (Lipinski definition) is 2. The first-order valence-corrected chi connectivity index (χ1v) is 8.70. The maximum absolute atomic E-state index is 13.1. The number of nitrogens with zero attached hydrogens (tertiary/aromatic N) is 4. The van der Waals surface area contributed by atoms with E-state index in [2.05, 4.69) is 15.1 Å². The Labute approximate surface area is 175 Å². The summed E-state index contributed by atoms with van der Waals surface area (Å²) in [6.45, 7) is 0. The molecule has 2 aromatic heterocycles. The van der Waals surface area contributed by atoms with Crippen molar-refractivity contribution in [1.29, 1.82) is 0 Å². The lowest BCUT2D eigenvalue weighted by atomic mass is 10.0. The number of benzene rings is 1. The van der Waals surface area contributed by atoms with Gasteiger partial charge in [0, 0.05) is 29.1 Å². The van der Waals surface area contributed by atoms with Gasteiger partial charge in [0.1, 0.15) is 17.7 Å². The van der Waals surface area contributed by atoms with Crippen LogP contribution >= 0.6 is 11.6 Å². The van der Waals surface area contributed by atoms with Gasteiger partial charge in [-0.1, -0.05) is 11.6 Å². The van der Waals surface area contributed by atoms with Crippen molar-refractivity contribution >= 4 is 23.4 Å². The lowest BCUT2D eigenvalue weighted by Crippen LogP contribution is -2.21. The summed E-state index contributed by atoms with van der Waals surface area (Å²) in [6, 6.07) is 3.97. The van der Waals surface area contributed by atoms with Crippen molar-refractivity contribution in [2.45, 2.75) is 18.6 Å². The van der Waals surface area contributed by atoms with Gasteiger partial charge in [0.15, 0.2) is 5.82 Å². The minimum absolute atomic E-state index is 0.0107. The van der Waals surface area contributed by atoms with Crippen molar-refractivity contribution in [1.82, 2.24) is 19.7 Å². The molecule has 0 radical (unpaired) electrons. The Morgan fingerprint density at radius 1 is 1.03 bits per heavy atom. The van der Waals surface area contributed by atoms with Gasteiger partial charge in [-0.2, -0.15) is 26.3 Å². The molecule has 0 spiro atoms. The van der Waals surface area contributed by atoms with Crippen molar-refractivity contribution in [3.05, 3.63) is 64.7 Å². The summed E-state index contributed by atoms with van der Waals surface area (Å²) in [7, 11) is 0. The van der Waals surface area contributed by atoms with Crippen molar-refractivity contribution in [3.8, 4) is 11.4 Å². The summed E-state index contributed by atoms with van der Waals surface area (Å²) in [5.74, 6) is -0.395. The van der Waals surface area contributed by atoms with Crippen LogP contribution in [0.2, 0.25) is 5.15 Å². The standard InChI is InChI=1S/C18H12ClF6N5O/c19-14-2-1-9(6-27-14)13(15(26)31)7-30-8-28-16(29-30)10-3-11(17(20,21)22)5-12(4-10)18(23,24)25/h1-8,15,31H,26H2/b13-7-. The number of nitrogens with two attached hydrogens (primary N) is 1. The predicted octanol–water partition coefficient (Wildman–Crippen LogP) is 4.31. The summed E-state index contributed by atoms with van der Waals surface area (Å²) in [5, 5.41) is 13.9. The molecule has 6 nitrogen and oxygen atoms in total. The molecular formula is C18H12ClF6N5O. The molecule has 0 aliphatic rings. The molecule has 3 rings (SSSR count). The van der Waals surface area contributed by atoms with Crippen LogP contribution in [0.1, 0.15) is 16.7 Å². The van der Waals surface area contributed by atoms with Gasteiger partial charge in [0.25, 0.3) is 0 Å². The number of aromatic nitrogens is 4. The maximum Gasteiger partial charge on any atom is 0.416 e. The molecule has 0 saturated heterocycles. The topological polar surface area (TPSA) is 89.8 Å². The highest BCUT2D eigenvalue weighted by molar-refractivity contribution is 6.29. The summed E-state index contributed by atoms with van der Waals surface area (Å²) < 4.78 is 79.3. The molecule has 0 amide bonds. The number of pyridine rings is 1. The van der Waals surface area contributed by atoms with Gasteiger partial charge in [-0.3, -0.25) is 0 Å². The van der Waals surface area contributed by atoms with Crippen LogP contribution in [0.4, 0.5) is 26.3 Å². The summed E-state index contributed by atoms with van der Waals surface area (Å²) in [4.78, 5) is 7.61. The van der Waals surface area contributed by atoms with E-state index in [1.54, 1.807) is 0 Å². The van der Waals surface area contributed by atoms with Crippen molar-refractivity contribution in [2.24, 2.45) is 5.73 Å². The Hall–Kier alpha value is -2.96. The highest BCUT2D eigenvalue weighted by atomic mass is 35.5. The third kappa shape index (κ3) is 5.40. The molecule has 0 aliphatic carbocycles. The summed E-state index contributed by atoms with van der Waals surface area (Å²) >= 11 is 5.70. The molecule has 1 aromatic carbocycles. The van der Waals surface area contributed by atoms with Crippen LogP contribution in [-0.4, -0.2) is 31.1 Å². The molecule has 0 aliphatic heterocycles.